The van der Waals surface area contributed by atoms with Gasteiger partial charge in [-0.3, -0.25) is 19.7 Å². The van der Waals surface area contributed by atoms with Crippen LogP contribution in [0.25, 0.3) is 22.2 Å². The molecule has 28 heavy (non-hydrogen) atoms. The molecule has 1 aliphatic carbocycles. The molecule has 1 N–H and O–H groups in total. The Kier molecular flexibility index (Phi) is 3.30. The van der Waals surface area contributed by atoms with Crippen molar-refractivity contribution in [1.29, 1.82) is 0 Å². The van der Waals surface area contributed by atoms with E-state index in [4.69, 9.17) is 0 Å². The van der Waals surface area contributed by atoms with E-state index in [1.807, 2.05) is 30.3 Å². The number of ketones is 2. The number of carbonyl (C=O) groups excluding carboxylic acids is 2. The maximum Gasteiger partial charge on any atom is 0.282 e. The van der Waals surface area contributed by atoms with Crippen molar-refractivity contribution in [3.05, 3.63) is 99.1 Å². The first-order chi connectivity index (χ1) is 13.6. The minimum atomic E-state index is -0.605. The molecule has 0 amide bonds. The third-order valence-electron chi connectivity index (χ3n) is 5.05. The van der Waals surface area contributed by atoms with E-state index in [9.17, 15) is 19.7 Å². The fourth-order valence-electron chi connectivity index (χ4n) is 3.79. The van der Waals surface area contributed by atoms with E-state index in [1.165, 1.54) is 12.1 Å². The Morgan fingerprint density at radius 3 is 2.04 bits per heavy atom. The standard InChI is InChI=1S/C22H12N2O4/c25-21-14-8-4-5-9-15(14)22(26)19-18(21)17(24(27)28)11-13-10-16(23-20(13)19)12-6-2-1-3-7-12/h1-11,23H. The van der Waals surface area contributed by atoms with Crippen LogP contribution in [0.2, 0.25) is 0 Å². The topological polar surface area (TPSA) is 93.1 Å². The lowest BCUT2D eigenvalue weighted by molar-refractivity contribution is -0.385. The number of fused-ring (bicyclic) bond motifs is 4. The van der Waals surface area contributed by atoms with E-state index in [2.05, 4.69) is 4.98 Å². The van der Waals surface area contributed by atoms with Gasteiger partial charge in [0.1, 0.15) is 5.56 Å². The predicted octanol–water partition coefficient (Wildman–Crippen LogP) is 4.52. The fraction of sp³-hybridized carbons (Fsp3) is 0. The maximum atomic E-state index is 13.2. The molecule has 1 aromatic heterocycles. The number of rotatable bonds is 2. The molecule has 134 valence electrons. The van der Waals surface area contributed by atoms with Crippen molar-refractivity contribution in [1.82, 2.24) is 4.98 Å². The van der Waals surface area contributed by atoms with E-state index >= 15 is 0 Å². The summed E-state index contributed by atoms with van der Waals surface area (Å²) in [6.45, 7) is 0. The molecule has 6 nitrogen and oxygen atoms in total. The highest BCUT2D eigenvalue weighted by atomic mass is 16.6. The van der Waals surface area contributed by atoms with Gasteiger partial charge in [0.25, 0.3) is 5.69 Å². The molecule has 0 radical (unpaired) electrons. The highest BCUT2D eigenvalue weighted by Gasteiger charge is 2.37. The fourth-order valence-corrected chi connectivity index (χ4v) is 3.79. The molecule has 1 aliphatic rings. The molecule has 0 saturated carbocycles. The van der Waals surface area contributed by atoms with Gasteiger partial charge in [0.2, 0.25) is 5.78 Å². The van der Waals surface area contributed by atoms with Crippen LogP contribution in [-0.4, -0.2) is 21.5 Å². The number of nitro groups is 1. The molecule has 0 spiro atoms. The van der Waals surface area contributed by atoms with Crippen molar-refractivity contribution >= 4 is 28.2 Å². The zero-order chi connectivity index (χ0) is 19.4. The van der Waals surface area contributed by atoms with Crippen molar-refractivity contribution in [3.63, 3.8) is 0 Å². The van der Waals surface area contributed by atoms with Crippen LogP contribution in [0, 0.1) is 10.1 Å². The Bertz CT molecular complexity index is 1320. The number of aromatic nitrogens is 1. The van der Waals surface area contributed by atoms with Gasteiger partial charge in [-0.25, -0.2) is 0 Å². The van der Waals surface area contributed by atoms with Gasteiger partial charge in [0, 0.05) is 28.3 Å². The largest absolute Gasteiger partial charge is 0.354 e. The van der Waals surface area contributed by atoms with Crippen LogP contribution in [0.4, 0.5) is 5.69 Å². The molecule has 0 fully saturated rings. The summed E-state index contributed by atoms with van der Waals surface area (Å²) in [4.78, 5) is 40.5. The molecular formula is C22H12N2O4. The Morgan fingerprint density at radius 1 is 0.786 bits per heavy atom. The molecule has 5 rings (SSSR count). The van der Waals surface area contributed by atoms with Crippen LogP contribution in [0.3, 0.4) is 0 Å². The van der Waals surface area contributed by atoms with Crippen LogP contribution in [0.15, 0.2) is 66.7 Å². The average Bonchev–Trinajstić information content (AvgIpc) is 3.15. The van der Waals surface area contributed by atoms with Crippen LogP contribution < -0.4 is 0 Å². The van der Waals surface area contributed by atoms with Crippen LogP contribution in [-0.2, 0) is 0 Å². The average molecular weight is 368 g/mol. The molecule has 3 aromatic carbocycles. The quantitative estimate of drug-likeness (QED) is 0.366. The third-order valence-corrected chi connectivity index (χ3v) is 5.05. The lowest BCUT2D eigenvalue weighted by Crippen LogP contribution is -2.22. The molecule has 0 aliphatic heterocycles. The molecule has 6 heteroatoms. The van der Waals surface area contributed by atoms with Gasteiger partial charge < -0.3 is 4.98 Å². The van der Waals surface area contributed by atoms with E-state index in [0.29, 0.717) is 10.9 Å². The maximum absolute atomic E-state index is 13.2. The lowest BCUT2D eigenvalue weighted by atomic mass is 9.82. The minimum Gasteiger partial charge on any atom is -0.354 e. The normalized spacial score (nSPS) is 12.7. The highest BCUT2D eigenvalue weighted by molar-refractivity contribution is 6.33. The van der Waals surface area contributed by atoms with Gasteiger partial charge in [-0.15, -0.1) is 0 Å². The van der Waals surface area contributed by atoms with E-state index in [0.717, 1.165) is 11.3 Å². The Balaban J connectivity index is 1.87. The van der Waals surface area contributed by atoms with Gasteiger partial charge in [-0.05, 0) is 11.6 Å². The van der Waals surface area contributed by atoms with Crippen LogP contribution in [0.5, 0.6) is 0 Å². The minimum absolute atomic E-state index is 0.0649. The van der Waals surface area contributed by atoms with Gasteiger partial charge in [-0.1, -0.05) is 54.6 Å². The molecule has 0 unspecified atom stereocenters. The number of aromatic amines is 1. The monoisotopic (exact) mass is 368 g/mol. The van der Waals surface area contributed by atoms with E-state index < -0.39 is 10.7 Å². The number of H-pyrrole nitrogens is 1. The van der Waals surface area contributed by atoms with Crippen molar-refractivity contribution in [2.24, 2.45) is 0 Å². The van der Waals surface area contributed by atoms with Gasteiger partial charge in [-0.2, -0.15) is 0 Å². The molecule has 4 aromatic rings. The highest BCUT2D eigenvalue weighted by Crippen LogP contribution is 2.39. The number of nitrogens with zero attached hydrogens (tertiary/aromatic N) is 1. The number of hydrogen-bond donors (Lipinski definition) is 1. The second-order valence-corrected chi connectivity index (χ2v) is 6.62. The number of nitrogens with one attached hydrogen (secondary N) is 1. The van der Waals surface area contributed by atoms with Gasteiger partial charge >= 0.3 is 0 Å². The van der Waals surface area contributed by atoms with Crippen molar-refractivity contribution < 1.29 is 14.5 Å². The van der Waals surface area contributed by atoms with Crippen molar-refractivity contribution in [2.75, 3.05) is 0 Å². The Labute approximate surface area is 158 Å². The summed E-state index contributed by atoms with van der Waals surface area (Å²) in [5, 5.41) is 12.2. The summed E-state index contributed by atoms with van der Waals surface area (Å²) >= 11 is 0. The Hall–Kier alpha value is -4.06. The smallest absolute Gasteiger partial charge is 0.282 e. The molecule has 0 saturated heterocycles. The van der Waals surface area contributed by atoms with Crippen LogP contribution >= 0.6 is 0 Å². The zero-order valence-electron chi connectivity index (χ0n) is 14.4. The number of nitro benzene ring substituents is 1. The summed E-state index contributed by atoms with van der Waals surface area (Å²) in [6.07, 6.45) is 0. The SMILES string of the molecule is O=C1c2ccccc2C(=O)c2c1c([N+](=O)[O-])cc1cc(-c3ccccc3)[nH]c21. The van der Waals surface area contributed by atoms with Crippen molar-refractivity contribution in [3.8, 4) is 11.3 Å². The van der Waals surface area contributed by atoms with Crippen LogP contribution in [0.1, 0.15) is 31.8 Å². The number of carbonyl (C=O) groups is 2. The summed E-state index contributed by atoms with van der Waals surface area (Å²) in [6, 6.07) is 19.0. The summed E-state index contributed by atoms with van der Waals surface area (Å²) < 4.78 is 0. The number of hydrogen-bond acceptors (Lipinski definition) is 4. The van der Waals surface area contributed by atoms with Crippen molar-refractivity contribution in [2.45, 2.75) is 0 Å². The molecular weight excluding hydrogens is 356 g/mol. The zero-order valence-corrected chi connectivity index (χ0v) is 14.4. The third kappa shape index (κ3) is 2.15. The Morgan fingerprint density at radius 2 is 1.39 bits per heavy atom. The summed E-state index contributed by atoms with van der Waals surface area (Å²) in [5.41, 5.74) is 2.05. The molecule has 0 bridgehead atoms. The summed E-state index contributed by atoms with van der Waals surface area (Å²) in [7, 11) is 0. The van der Waals surface area contributed by atoms with E-state index in [1.54, 1.807) is 24.3 Å². The number of benzene rings is 3. The summed E-state index contributed by atoms with van der Waals surface area (Å²) in [5.74, 6) is -0.893. The first-order valence-electron chi connectivity index (χ1n) is 8.64. The molecule has 1 heterocycles. The second kappa shape index (κ2) is 5.72. The van der Waals surface area contributed by atoms with E-state index in [-0.39, 0.29) is 33.7 Å². The predicted molar refractivity (Wildman–Crippen MR) is 104 cm³/mol. The van der Waals surface area contributed by atoms with Gasteiger partial charge in [0.05, 0.1) is 16.0 Å². The van der Waals surface area contributed by atoms with Gasteiger partial charge in [0.15, 0.2) is 5.78 Å². The lowest BCUT2D eigenvalue weighted by Gasteiger charge is -2.17. The second-order valence-electron chi connectivity index (χ2n) is 6.62. The first kappa shape index (κ1) is 16.1. The first-order valence-corrected chi connectivity index (χ1v) is 8.64. The molecule has 0 atom stereocenters.